The Hall–Kier alpha value is -3.23. The van der Waals surface area contributed by atoms with E-state index in [9.17, 15) is 9.90 Å². The number of para-hydroxylation sites is 2. The molecular weight excluding hydrogens is 428 g/mol. The van der Waals surface area contributed by atoms with E-state index in [-0.39, 0.29) is 17.4 Å². The molecule has 1 amide bonds. The smallest absolute Gasteiger partial charge is 0.234 e. The van der Waals surface area contributed by atoms with E-state index in [4.69, 9.17) is 0 Å². The van der Waals surface area contributed by atoms with Crippen molar-refractivity contribution in [2.45, 2.75) is 10.1 Å². The lowest BCUT2D eigenvalue weighted by Crippen LogP contribution is -2.14. The summed E-state index contributed by atoms with van der Waals surface area (Å²) in [5.74, 6) is 0.680. The van der Waals surface area contributed by atoms with E-state index in [1.165, 1.54) is 11.8 Å². The van der Waals surface area contributed by atoms with Gasteiger partial charge in [0, 0.05) is 16.3 Å². The van der Waals surface area contributed by atoms with Gasteiger partial charge in [-0.15, -0.1) is 22.0 Å². The fourth-order valence-electron chi connectivity index (χ4n) is 3.04. The van der Waals surface area contributed by atoms with Crippen LogP contribution in [0.1, 0.15) is 0 Å². The van der Waals surface area contributed by atoms with E-state index in [2.05, 4.69) is 15.5 Å². The van der Waals surface area contributed by atoms with Crippen LogP contribution < -0.4 is 5.32 Å². The van der Waals surface area contributed by atoms with E-state index >= 15 is 0 Å². The molecule has 0 unspecified atom stereocenters. The summed E-state index contributed by atoms with van der Waals surface area (Å²) in [6.45, 7) is 0. The predicted molar refractivity (Wildman–Crippen MR) is 126 cm³/mol. The molecule has 4 aromatic rings. The van der Waals surface area contributed by atoms with Crippen LogP contribution in [0.15, 0.2) is 88.9 Å². The lowest BCUT2D eigenvalue weighted by atomic mass is 10.2. The van der Waals surface area contributed by atoms with Crippen molar-refractivity contribution < 1.29 is 9.90 Å². The Bertz CT molecular complexity index is 1200. The molecule has 6 nitrogen and oxygen atoms in total. The number of aromatic nitrogens is 3. The van der Waals surface area contributed by atoms with E-state index < -0.39 is 0 Å². The first-order valence-corrected chi connectivity index (χ1v) is 11.7. The van der Waals surface area contributed by atoms with Crippen LogP contribution in [0.3, 0.4) is 0 Å². The average Bonchev–Trinajstić information content (AvgIpc) is 3.22. The molecule has 0 fully saturated rings. The third-order valence-electron chi connectivity index (χ3n) is 4.48. The Morgan fingerprint density at radius 3 is 2.55 bits per heavy atom. The quantitative estimate of drug-likeness (QED) is 0.383. The van der Waals surface area contributed by atoms with Crippen LogP contribution in [0, 0.1) is 0 Å². The minimum Gasteiger partial charge on any atom is -0.507 e. The molecule has 4 rings (SSSR count). The van der Waals surface area contributed by atoms with Gasteiger partial charge in [0.1, 0.15) is 5.75 Å². The summed E-state index contributed by atoms with van der Waals surface area (Å²) in [5.41, 5.74) is 2.18. The van der Waals surface area contributed by atoms with E-state index in [1.807, 2.05) is 71.5 Å². The van der Waals surface area contributed by atoms with Crippen molar-refractivity contribution in [3.63, 3.8) is 0 Å². The van der Waals surface area contributed by atoms with Crippen molar-refractivity contribution in [1.29, 1.82) is 0 Å². The topological polar surface area (TPSA) is 80.0 Å². The van der Waals surface area contributed by atoms with Crippen LogP contribution in [0.25, 0.3) is 17.1 Å². The van der Waals surface area contributed by atoms with Crippen LogP contribution in [0.5, 0.6) is 5.75 Å². The van der Waals surface area contributed by atoms with Crippen molar-refractivity contribution >= 4 is 35.1 Å². The third kappa shape index (κ3) is 4.92. The highest BCUT2D eigenvalue weighted by molar-refractivity contribution is 7.99. The molecule has 0 radical (unpaired) electrons. The van der Waals surface area contributed by atoms with Gasteiger partial charge in [-0.1, -0.05) is 48.2 Å². The molecule has 0 bridgehead atoms. The number of nitrogens with zero attached hydrogens (tertiary/aromatic N) is 3. The zero-order valence-electron chi connectivity index (χ0n) is 16.7. The van der Waals surface area contributed by atoms with Crippen LogP contribution in [-0.4, -0.2) is 37.8 Å². The average molecular weight is 449 g/mol. The molecule has 156 valence electrons. The molecule has 0 spiro atoms. The summed E-state index contributed by atoms with van der Waals surface area (Å²) in [6, 6.07) is 24.4. The van der Waals surface area contributed by atoms with Gasteiger partial charge in [0.05, 0.1) is 11.3 Å². The van der Waals surface area contributed by atoms with Crippen LogP contribution >= 0.6 is 23.5 Å². The van der Waals surface area contributed by atoms with E-state index in [0.717, 1.165) is 16.3 Å². The van der Waals surface area contributed by atoms with Gasteiger partial charge in [-0.05, 0) is 48.7 Å². The number of carbonyl (C=O) groups is 1. The first kappa shape index (κ1) is 21.0. The molecule has 8 heteroatoms. The van der Waals surface area contributed by atoms with Crippen molar-refractivity contribution in [1.82, 2.24) is 14.8 Å². The molecule has 0 aliphatic carbocycles. The molecule has 1 aromatic heterocycles. The molecule has 1 heterocycles. The molecule has 0 saturated heterocycles. The first-order valence-electron chi connectivity index (χ1n) is 9.51. The highest BCUT2D eigenvalue weighted by Crippen LogP contribution is 2.32. The maximum atomic E-state index is 12.5. The third-order valence-corrected chi connectivity index (χ3v) is 6.13. The summed E-state index contributed by atoms with van der Waals surface area (Å²) >= 11 is 2.91. The second-order valence-electron chi connectivity index (χ2n) is 6.56. The SMILES string of the molecule is CSc1cccc(NC(=O)CSc2nnc(-c3ccccc3O)n2-c2ccccc2)c1. The van der Waals surface area contributed by atoms with Gasteiger partial charge in [0.2, 0.25) is 5.91 Å². The second kappa shape index (κ2) is 9.72. The number of thioether (sulfide) groups is 2. The Labute approximate surface area is 188 Å². The van der Waals surface area contributed by atoms with Crippen molar-refractivity contribution in [3.05, 3.63) is 78.9 Å². The number of amides is 1. The number of hydrogen-bond donors (Lipinski definition) is 2. The summed E-state index contributed by atoms with van der Waals surface area (Å²) in [5, 5.41) is 22.4. The first-order chi connectivity index (χ1) is 15.2. The van der Waals surface area contributed by atoms with Crippen molar-refractivity contribution in [2.75, 3.05) is 17.3 Å². The fourth-order valence-corrected chi connectivity index (χ4v) is 4.25. The monoisotopic (exact) mass is 448 g/mol. The summed E-state index contributed by atoms with van der Waals surface area (Å²) in [7, 11) is 0. The number of nitrogens with one attached hydrogen (secondary N) is 1. The second-order valence-corrected chi connectivity index (χ2v) is 8.39. The largest absolute Gasteiger partial charge is 0.507 e. The highest BCUT2D eigenvalue weighted by Gasteiger charge is 2.19. The number of phenolic OH excluding ortho intramolecular Hbond substituents is 1. The van der Waals surface area contributed by atoms with Gasteiger partial charge in [-0.2, -0.15) is 0 Å². The van der Waals surface area contributed by atoms with Crippen molar-refractivity contribution in [2.24, 2.45) is 0 Å². The number of rotatable bonds is 7. The molecule has 0 saturated carbocycles. The number of hydrogen-bond acceptors (Lipinski definition) is 6. The number of benzene rings is 3. The number of aromatic hydroxyl groups is 1. The van der Waals surface area contributed by atoms with Gasteiger partial charge in [-0.25, -0.2) is 0 Å². The highest BCUT2D eigenvalue weighted by atomic mass is 32.2. The molecule has 0 atom stereocenters. The Balaban J connectivity index is 1.58. The lowest BCUT2D eigenvalue weighted by molar-refractivity contribution is -0.113. The Morgan fingerprint density at radius 1 is 1.00 bits per heavy atom. The van der Waals surface area contributed by atoms with Crippen LogP contribution in [0.2, 0.25) is 0 Å². The summed E-state index contributed by atoms with van der Waals surface area (Å²) in [6.07, 6.45) is 2.00. The predicted octanol–water partition coefficient (Wildman–Crippen LogP) is 5.09. The van der Waals surface area contributed by atoms with Gasteiger partial charge >= 0.3 is 0 Å². The molecular formula is C23H20N4O2S2. The van der Waals surface area contributed by atoms with E-state index in [0.29, 0.717) is 16.5 Å². The standard InChI is InChI=1S/C23H20N4O2S2/c1-30-18-11-7-8-16(14-18)24-21(29)15-31-23-26-25-22(19-12-5-6-13-20(19)28)27(23)17-9-3-2-4-10-17/h2-14,28H,15H2,1H3,(H,24,29). The zero-order chi connectivity index (χ0) is 21.6. The number of carbonyl (C=O) groups excluding carboxylic acids is 1. The van der Waals surface area contributed by atoms with Crippen molar-refractivity contribution in [3.8, 4) is 22.8 Å². The van der Waals surface area contributed by atoms with Gasteiger partial charge < -0.3 is 10.4 Å². The minimum absolute atomic E-state index is 0.120. The van der Waals surface area contributed by atoms with Gasteiger partial charge in [-0.3, -0.25) is 9.36 Å². The minimum atomic E-state index is -0.130. The number of anilines is 1. The van der Waals surface area contributed by atoms with E-state index in [1.54, 1.807) is 30.0 Å². The maximum Gasteiger partial charge on any atom is 0.234 e. The molecule has 0 aliphatic rings. The Morgan fingerprint density at radius 2 is 1.77 bits per heavy atom. The van der Waals surface area contributed by atoms with Crippen LogP contribution in [0.4, 0.5) is 5.69 Å². The van der Waals surface area contributed by atoms with Gasteiger partial charge in [0.15, 0.2) is 11.0 Å². The molecule has 31 heavy (non-hydrogen) atoms. The Kier molecular flexibility index (Phi) is 6.59. The summed E-state index contributed by atoms with van der Waals surface area (Å²) in [4.78, 5) is 13.6. The molecule has 3 aromatic carbocycles. The maximum absolute atomic E-state index is 12.5. The van der Waals surface area contributed by atoms with Crippen LogP contribution in [-0.2, 0) is 4.79 Å². The lowest BCUT2D eigenvalue weighted by Gasteiger charge is -2.11. The summed E-state index contributed by atoms with van der Waals surface area (Å²) < 4.78 is 1.85. The zero-order valence-corrected chi connectivity index (χ0v) is 18.4. The van der Waals surface area contributed by atoms with Gasteiger partial charge in [0.25, 0.3) is 0 Å². The normalized spacial score (nSPS) is 10.7. The fraction of sp³-hybridized carbons (Fsp3) is 0.0870. The molecule has 0 aliphatic heterocycles. The number of phenols is 1. The molecule has 2 N–H and O–H groups in total.